The highest BCUT2D eigenvalue weighted by Gasteiger charge is 2.19. The number of nitrogens with two attached hydrogens (primary N) is 1. The van der Waals surface area contributed by atoms with Gasteiger partial charge in [-0.3, -0.25) is 9.59 Å². The first-order valence-electron chi connectivity index (χ1n) is 7.71. The molecule has 8 heteroatoms. The van der Waals surface area contributed by atoms with E-state index < -0.39 is 18.0 Å². The average molecular weight is 376 g/mol. The Morgan fingerprint density at radius 1 is 1.04 bits per heavy atom. The molecule has 0 aliphatic heterocycles. The third-order valence-electron chi connectivity index (χ3n) is 3.36. The quantitative estimate of drug-likeness (QED) is 0.549. The number of nitrogen functional groups attached to an aromatic ring is 1. The molecule has 7 nitrogen and oxygen atoms in total. The van der Waals surface area contributed by atoms with Gasteiger partial charge in [0.05, 0.1) is 16.3 Å². The fourth-order valence-electron chi connectivity index (χ4n) is 2.04. The molecule has 2 aromatic rings. The van der Waals surface area contributed by atoms with Crippen molar-refractivity contribution in [2.75, 3.05) is 16.4 Å². The molecule has 1 unspecified atom stereocenters. The van der Waals surface area contributed by atoms with E-state index >= 15 is 0 Å². The predicted octanol–water partition coefficient (Wildman–Crippen LogP) is 3.06. The van der Waals surface area contributed by atoms with Crippen LogP contribution in [0.5, 0.6) is 0 Å². The Labute approximate surface area is 155 Å². The third-order valence-corrected chi connectivity index (χ3v) is 3.70. The Morgan fingerprint density at radius 2 is 1.62 bits per heavy atom. The minimum atomic E-state index is -1.02. The number of benzene rings is 2. The number of halogens is 1. The molecule has 0 heterocycles. The minimum absolute atomic E-state index is 0.190. The second-order valence-electron chi connectivity index (χ2n) is 5.53. The zero-order valence-corrected chi connectivity index (χ0v) is 15.0. The molecule has 0 aliphatic carbocycles. The molecular weight excluding hydrogens is 358 g/mol. The molecule has 0 spiro atoms. The second-order valence-corrected chi connectivity index (χ2v) is 5.94. The van der Waals surface area contributed by atoms with E-state index in [1.54, 1.807) is 24.3 Å². The van der Waals surface area contributed by atoms with Gasteiger partial charge in [0, 0.05) is 18.3 Å². The third kappa shape index (κ3) is 5.22. The molecule has 0 fully saturated rings. The van der Waals surface area contributed by atoms with Crippen molar-refractivity contribution in [3.8, 4) is 0 Å². The number of hydrogen-bond acceptors (Lipinski definition) is 5. The lowest BCUT2D eigenvalue weighted by Crippen LogP contribution is -2.30. The van der Waals surface area contributed by atoms with E-state index in [0.29, 0.717) is 16.4 Å². The van der Waals surface area contributed by atoms with Crippen molar-refractivity contribution < 1.29 is 19.1 Å². The fourth-order valence-corrected chi connectivity index (χ4v) is 2.15. The van der Waals surface area contributed by atoms with E-state index in [9.17, 15) is 14.4 Å². The number of esters is 1. The first kappa shape index (κ1) is 19.3. The molecule has 0 saturated carbocycles. The van der Waals surface area contributed by atoms with E-state index in [1.807, 2.05) is 0 Å². The van der Waals surface area contributed by atoms with E-state index in [1.165, 1.54) is 32.0 Å². The smallest absolute Gasteiger partial charge is 0.338 e. The van der Waals surface area contributed by atoms with Gasteiger partial charge in [0.25, 0.3) is 5.91 Å². The summed E-state index contributed by atoms with van der Waals surface area (Å²) in [5, 5.41) is 5.57. The second kappa shape index (κ2) is 8.35. The van der Waals surface area contributed by atoms with Crippen molar-refractivity contribution in [3.63, 3.8) is 0 Å². The van der Waals surface area contributed by atoms with Crippen molar-refractivity contribution in [2.24, 2.45) is 0 Å². The largest absolute Gasteiger partial charge is 0.449 e. The minimum Gasteiger partial charge on any atom is -0.449 e. The predicted molar refractivity (Wildman–Crippen MR) is 100 cm³/mol. The lowest BCUT2D eigenvalue weighted by Gasteiger charge is -2.14. The van der Waals surface area contributed by atoms with Crippen LogP contribution in [0, 0.1) is 0 Å². The molecule has 0 aliphatic rings. The normalized spacial score (nSPS) is 11.3. The highest BCUT2D eigenvalue weighted by atomic mass is 35.5. The zero-order valence-electron chi connectivity index (χ0n) is 14.2. The fraction of sp³-hybridized carbons (Fsp3) is 0.167. The van der Waals surface area contributed by atoms with Crippen LogP contribution < -0.4 is 16.4 Å². The summed E-state index contributed by atoms with van der Waals surface area (Å²) in [4.78, 5) is 35.2. The topological polar surface area (TPSA) is 111 Å². The van der Waals surface area contributed by atoms with Gasteiger partial charge < -0.3 is 21.1 Å². The molecular formula is C18H18ClN3O4. The Morgan fingerprint density at radius 3 is 2.15 bits per heavy atom. The molecule has 0 radical (unpaired) electrons. The molecule has 2 aromatic carbocycles. The van der Waals surface area contributed by atoms with Crippen LogP contribution in [0.1, 0.15) is 24.2 Å². The monoisotopic (exact) mass is 375 g/mol. The van der Waals surface area contributed by atoms with Crippen molar-refractivity contribution >= 4 is 46.4 Å². The van der Waals surface area contributed by atoms with Crippen molar-refractivity contribution in [3.05, 3.63) is 53.1 Å². The summed E-state index contributed by atoms with van der Waals surface area (Å²) >= 11 is 5.81. The van der Waals surface area contributed by atoms with Gasteiger partial charge in [0.15, 0.2) is 6.10 Å². The van der Waals surface area contributed by atoms with Crippen LogP contribution >= 0.6 is 11.6 Å². The molecule has 4 N–H and O–H groups in total. The highest BCUT2D eigenvalue weighted by molar-refractivity contribution is 6.33. The van der Waals surface area contributed by atoms with Crippen LogP contribution in [0.3, 0.4) is 0 Å². The van der Waals surface area contributed by atoms with Crippen molar-refractivity contribution in [1.29, 1.82) is 0 Å². The molecule has 0 saturated heterocycles. The molecule has 0 bridgehead atoms. The Balaban J connectivity index is 1.95. The molecule has 1 atom stereocenters. The number of amides is 2. The summed E-state index contributed by atoms with van der Waals surface area (Å²) in [6.07, 6.45) is -1.02. The first-order chi connectivity index (χ1) is 12.3. The number of carbonyl (C=O) groups is 3. The lowest BCUT2D eigenvalue weighted by molar-refractivity contribution is -0.123. The molecule has 2 rings (SSSR count). The van der Waals surface area contributed by atoms with Gasteiger partial charge in [-0.25, -0.2) is 4.79 Å². The van der Waals surface area contributed by atoms with E-state index in [-0.39, 0.29) is 17.2 Å². The number of rotatable bonds is 5. The summed E-state index contributed by atoms with van der Waals surface area (Å²) in [5.74, 6) is -1.37. The number of nitrogens with one attached hydrogen (secondary N) is 2. The van der Waals surface area contributed by atoms with E-state index in [4.69, 9.17) is 22.1 Å². The van der Waals surface area contributed by atoms with E-state index in [0.717, 1.165) is 0 Å². The molecule has 136 valence electrons. The number of carbonyl (C=O) groups excluding carboxylic acids is 3. The number of anilines is 3. The molecule has 26 heavy (non-hydrogen) atoms. The SMILES string of the molecule is CC(=O)Nc1ccc(NC(=O)C(C)OC(=O)c2ccc(Cl)c(N)c2)cc1. The molecule has 0 aromatic heterocycles. The van der Waals surface area contributed by atoms with Gasteiger partial charge in [0.1, 0.15) is 0 Å². The van der Waals surface area contributed by atoms with Crippen LogP contribution in [0.4, 0.5) is 17.1 Å². The van der Waals surface area contributed by atoms with Crippen LogP contribution in [0.15, 0.2) is 42.5 Å². The van der Waals surface area contributed by atoms with Gasteiger partial charge in [-0.15, -0.1) is 0 Å². The van der Waals surface area contributed by atoms with Crippen LogP contribution in [-0.4, -0.2) is 23.9 Å². The first-order valence-corrected chi connectivity index (χ1v) is 8.08. The maximum Gasteiger partial charge on any atom is 0.338 e. The van der Waals surface area contributed by atoms with Gasteiger partial charge in [0.2, 0.25) is 5.91 Å². The summed E-state index contributed by atoms with van der Waals surface area (Å²) < 4.78 is 5.14. The number of ether oxygens (including phenoxy) is 1. The summed E-state index contributed by atoms with van der Waals surface area (Å²) in [5.41, 5.74) is 7.21. The van der Waals surface area contributed by atoms with Crippen LogP contribution in [0.25, 0.3) is 0 Å². The zero-order chi connectivity index (χ0) is 19.3. The Bertz CT molecular complexity index is 837. The van der Waals surface area contributed by atoms with Crippen LogP contribution in [0.2, 0.25) is 5.02 Å². The van der Waals surface area contributed by atoms with Crippen LogP contribution in [-0.2, 0) is 14.3 Å². The highest BCUT2D eigenvalue weighted by Crippen LogP contribution is 2.20. The average Bonchev–Trinajstić information content (AvgIpc) is 2.58. The maximum absolute atomic E-state index is 12.2. The van der Waals surface area contributed by atoms with Gasteiger partial charge in [-0.1, -0.05) is 11.6 Å². The summed E-state index contributed by atoms with van der Waals surface area (Å²) in [6.45, 7) is 2.86. The summed E-state index contributed by atoms with van der Waals surface area (Å²) in [6, 6.07) is 10.9. The van der Waals surface area contributed by atoms with Gasteiger partial charge in [-0.2, -0.15) is 0 Å². The summed E-state index contributed by atoms with van der Waals surface area (Å²) in [7, 11) is 0. The standard InChI is InChI=1S/C18H18ClN3O4/c1-10(26-18(25)12-3-8-15(19)16(20)9-12)17(24)22-14-6-4-13(5-7-14)21-11(2)23/h3-10H,20H2,1-2H3,(H,21,23)(H,22,24). The van der Waals surface area contributed by atoms with Crippen molar-refractivity contribution in [1.82, 2.24) is 0 Å². The Hall–Kier alpha value is -3.06. The lowest BCUT2D eigenvalue weighted by atomic mass is 10.2. The number of hydrogen-bond donors (Lipinski definition) is 3. The van der Waals surface area contributed by atoms with Gasteiger partial charge >= 0.3 is 5.97 Å². The van der Waals surface area contributed by atoms with Gasteiger partial charge in [-0.05, 0) is 49.4 Å². The maximum atomic E-state index is 12.2. The van der Waals surface area contributed by atoms with E-state index in [2.05, 4.69) is 10.6 Å². The van der Waals surface area contributed by atoms with Crippen molar-refractivity contribution in [2.45, 2.75) is 20.0 Å². The molecule has 2 amide bonds. The Kier molecular flexibility index (Phi) is 6.19.